The summed E-state index contributed by atoms with van der Waals surface area (Å²) in [6.45, 7) is 3.79. The SMILES string of the molecule is O=C(O)c1cn(Cc2ccc(C(=O)N3CCN4CCC=C4C3)cc2)nn1. The summed E-state index contributed by atoms with van der Waals surface area (Å²) in [4.78, 5) is 27.8. The minimum Gasteiger partial charge on any atom is -0.476 e. The number of hydrogen-bond donors (Lipinski definition) is 1. The lowest BCUT2D eigenvalue weighted by Crippen LogP contribution is -2.45. The maximum absolute atomic E-state index is 12.7. The molecule has 2 aliphatic heterocycles. The fraction of sp³-hybridized carbons (Fsp3) is 0.333. The van der Waals surface area contributed by atoms with E-state index in [-0.39, 0.29) is 11.6 Å². The summed E-state index contributed by atoms with van der Waals surface area (Å²) in [7, 11) is 0. The fourth-order valence-corrected chi connectivity index (χ4v) is 3.37. The Balaban J connectivity index is 1.42. The van der Waals surface area contributed by atoms with Gasteiger partial charge in [-0.05, 0) is 24.1 Å². The van der Waals surface area contributed by atoms with Crippen molar-refractivity contribution in [2.45, 2.75) is 13.0 Å². The van der Waals surface area contributed by atoms with Crippen molar-refractivity contribution in [2.24, 2.45) is 0 Å². The van der Waals surface area contributed by atoms with Gasteiger partial charge in [0, 0.05) is 30.9 Å². The van der Waals surface area contributed by atoms with Gasteiger partial charge in [0.25, 0.3) is 5.91 Å². The molecule has 1 amide bonds. The lowest BCUT2D eigenvalue weighted by molar-refractivity contribution is 0.0687. The van der Waals surface area contributed by atoms with Crippen LogP contribution in [-0.2, 0) is 6.54 Å². The van der Waals surface area contributed by atoms with Gasteiger partial charge in [-0.3, -0.25) is 4.79 Å². The van der Waals surface area contributed by atoms with Gasteiger partial charge in [0.2, 0.25) is 0 Å². The van der Waals surface area contributed by atoms with E-state index in [1.54, 1.807) is 0 Å². The Morgan fingerprint density at radius 3 is 2.65 bits per heavy atom. The molecule has 134 valence electrons. The Kier molecular flexibility index (Phi) is 4.16. The van der Waals surface area contributed by atoms with Crippen molar-refractivity contribution < 1.29 is 14.7 Å². The monoisotopic (exact) mass is 353 g/mol. The first-order chi connectivity index (χ1) is 12.6. The standard InChI is InChI=1S/C18H19N5O3/c24-17(22-9-8-21-7-1-2-15(21)11-22)14-5-3-13(4-6-14)10-23-12-16(18(25)26)19-20-23/h2-6,12H,1,7-11H2,(H,25,26). The number of hydrogen-bond acceptors (Lipinski definition) is 5. The highest BCUT2D eigenvalue weighted by atomic mass is 16.4. The number of carbonyl (C=O) groups excluding carboxylic acids is 1. The van der Waals surface area contributed by atoms with Crippen LogP contribution in [0.3, 0.4) is 0 Å². The number of carbonyl (C=O) groups is 2. The third-order valence-corrected chi connectivity index (χ3v) is 4.77. The molecule has 1 aromatic heterocycles. The molecule has 0 spiro atoms. The summed E-state index contributed by atoms with van der Waals surface area (Å²) < 4.78 is 1.46. The number of benzene rings is 1. The Morgan fingerprint density at radius 1 is 1.12 bits per heavy atom. The van der Waals surface area contributed by atoms with Gasteiger partial charge in [-0.2, -0.15) is 0 Å². The summed E-state index contributed by atoms with van der Waals surface area (Å²) in [6.07, 6.45) is 4.67. The van der Waals surface area contributed by atoms with E-state index in [2.05, 4.69) is 21.3 Å². The topological polar surface area (TPSA) is 91.6 Å². The molecule has 0 radical (unpaired) electrons. The lowest BCUT2D eigenvalue weighted by Gasteiger charge is -2.35. The molecule has 0 aliphatic carbocycles. The third kappa shape index (κ3) is 3.17. The van der Waals surface area contributed by atoms with Crippen molar-refractivity contribution in [1.82, 2.24) is 24.8 Å². The van der Waals surface area contributed by atoms with Crippen molar-refractivity contribution in [1.29, 1.82) is 0 Å². The van der Waals surface area contributed by atoms with E-state index >= 15 is 0 Å². The van der Waals surface area contributed by atoms with Crippen LogP contribution in [0.2, 0.25) is 0 Å². The van der Waals surface area contributed by atoms with Gasteiger partial charge in [-0.25, -0.2) is 9.48 Å². The fourth-order valence-electron chi connectivity index (χ4n) is 3.37. The molecule has 1 fully saturated rings. The van der Waals surface area contributed by atoms with E-state index in [1.165, 1.54) is 16.6 Å². The van der Waals surface area contributed by atoms with Gasteiger partial charge in [0.1, 0.15) is 0 Å². The molecule has 26 heavy (non-hydrogen) atoms. The normalized spacial score (nSPS) is 16.4. The zero-order valence-electron chi connectivity index (χ0n) is 14.2. The van der Waals surface area contributed by atoms with Crippen molar-refractivity contribution in [3.8, 4) is 0 Å². The zero-order valence-corrected chi connectivity index (χ0v) is 14.2. The second-order valence-electron chi connectivity index (χ2n) is 6.50. The highest BCUT2D eigenvalue weighted by molar-refractivity contribution is 5.94. The number of nitrogens with zero attached hydrogens (tertiary/aromatic N) is 5. The molecule has 8 heteroatoms. The first kappa shape index (κ1) is 16.3. The third-order valence-electron chi connectivity index (χ3n) is 4.77. The van der Waals surface area contributed by atoms with Crippen molar-refractivity contribution in [3.05, 3.63) is 59.1 Å². The minimum absolute atomic E-state index is 0.0397. The van der Waals surface area contributed by atoms with Gasteiger partial charge in [-0.1, -0.05) is 23.4 Å². The highest BCUT2D eigenvalue weighted by Crippen LogP contribution is 2.21. The Bertz CT molecular complexity index is 871. The van der Waals surface area contributed by atoms with Crippen LogP contribution in [0.4, 0.5) is 0 Å². The maximum Gasteiger partial charge on any atom is 0.358 e. The summed E-state index contributed by atoms with van der Waals surface area (Å²) in [5.74, 6) is -1.06. The number of carboxylic acid groups (broad SMARTS) is 1. The van der Waals surface area contributed by atoms with Crippen molar-refractivity contribution in [3.63, 3.8) is 0 Å². The van der Waals surface area contributed by atoms with Gasteiger partial charge in [-0.15, -0.1) is 5.10 Å². The van der Waals surface area contributed by atoms with E-state index in [9.17, 15) is 9.59 Å². The smallest absolute Gasteiger partial charge is 0.358 e. The van der Waals surface area contributed by atoms with E-state index in [0.717, 1.165) is 31.6 Å². The number of piperazine rings is 1. The average molecular weight is 353 g/mol. The van der Waals surface area contributed by atoms with E-state index in [4.69, 9.17) is 5.11 Å². The van der Waals surface area contributed by atoms with E-state index in [1.807, 2.05) is 29.2 Å². The zero-order chi connectivity index (χ0) is 18.1. The molecule has 2 aromatic rings. The van der Waals surface area contributed by atoms with Crippen LogP contribution < -0.4 is 0 Å². The van der Waals surface area contributed by atoms with Gasteiger partial charge in [0.05, 0.1) is 19.3 Å². The van der Waals surface area contributed by atoms with Crippen LogP contribution in [0.15, 0.2) is 42.2 Å². The molecule has 1 aromatic carbocycles. The number of carboxylic acids is 1. The molecule has 0 atom stereocenters. The maximum atomic E-state index is 12.7. The Labute approximate surface area is 150 Å². The van der Waals surface area contributed by atoms with Crippen molar-refractivity contribution in [2.75, 3.05) is 26.2 Å². The summed E-state index contributed by atoms with van der Waals surface area (Å²) >= 11 is 0. The quantitative estimate of drug-likeness (QED) is 0.884. The van der Waals surface area contributed by atoms with Gasteiger partial charge < -0.3 is 14.9 Å². The molecule has 0 unspecified atom stereocenters. The molecular formula is C18H19N5O3. The first-order valence-corrected chi connectivity index (χ1v) is 8.56. The summed E-state index contributed by atoms with van der Waals surface area (Å²) in [5.41, 5.74) is 2.75. The Morgan fingerprint density at radius 2 is 1.92 bits per heavy atom. The molecule has 8 nitrogen and oxygen atoms in total. The minimum atomic E-state index is -1.10. The molecule has 1 N–H and O–H groups in total. The van der Waals surface area contributed by atoms with Crippen LogP contribution in [0.5, 0.6) is 0 Å². The van der Waals surface area contributed by atoms with Crippen LogP contribution >= 0.6 is 0 Å². The summed E-state index contributed by atoms with van der Waals surface area (Å²) in [6, 6.07) is 7.34. The van der Waals surface area contributed by atoms with Gasteiger partial charge in [0.15, 0.2) is 5.69 Å². The molecule has 4 rings (SSSR count). The average Bonchev–Trinajstić information content (AvgIpc) is 3.30. The molecule has 2 aliphatic rings. The van der Waals surface area contributed by atoms with Crippen LogP contribution in [-0.4, -0.2) is 68.0 Å². The number of fused-ring (bicyclic) bond motifs is 1. The predicted molar refractivity (Wildman–Crippen MR) is 92.7 cm³/mol. The number of amides is 1. The molecule has 1 saturated heterocycles. The first-order valence-electron chi connectivity index (χ1n) is 8.56. The lowest BCUT2D eigenvalue weighted by atomic mass is 10.1. The summed E-state index contributed by atoms with van der Waals surface area (Å²) in [5, 5.41) is 16.3. The highest BCUT2D eigenvalue weighted by Gasteiger charge is 2.26. The largest absolute Gasteiger partial charge is 0.476 e. The second-order valence-corrected chi connectivity index (χ2v) is 6.50. The number of rotatable bonds is 4. The van der Waals surface area contributed by atoms with Gasteiger partial charge >= 0.3 is 5.97 Å². The van der Waals surface area contributed by atoms with Crippen molar-refractivity contribution >= 4 is 11.9 Å². The molecule has 3 heterocycles. The number of aromatic nitrogens is 3. The Hall–Kier alpha value is -3.16. The molecule has 0 bridgehead atoms. The van der Waals surface area contributed by atoms with E-state index in [0.29, 0.717) is 18.7 Å². The molecular weight excluding hydrogens is 334 g/mol. The molecule has 0 saturated carbocycles. The predicted octanol–water partition coefficient (Wildman–Crippen LogP) is 1.07. The van der Waals surface area contributed by atoms with Crippen LogP contribution in [0, 0.1) is 0 Å². The van der Waals surface area contributed by atoms with Crippen LogP contribution in [0.25, 0.3) is 0 Å². The second kappa shape index (κ2) is 6.62. The van der Waals surface area contributed by atoms with E-state index < -0.39 is 5.97 Å². The van der Waals surface area contributed by atoms with Crippen LogP contribution in [0.1, 0.15) is 32.8 Å². The number of aromatic carboxylic acids is 1.